The molecule has 1 aromatic carbocycles. The van der Waals surface area contributed by atoms with Crippen LogP contribution in [0.4, 0.5) is 5.82 Å². The van der Waals surface area contributed by atoms with E-state index in [4.69, 9.17) is 5.14 Å². The van der Waals surface area contributed by atoms with Gasteiger partial charge < -0.3 is 5.32 Å². The fourth-order valence-corrected chi connectivity index (χ4v) is 3.65. The summed E-state index contributed by atoms with van der Waals surface area (Å²) in [6.07, 6.45) is 4.12. The number of hydrogen-bond donors (Lipinski definition) is 2. The van der Waals surface area contributed by atoms with Crippen molar-refractivity contribution in [3.8, 4) is 6.07 Å². The number of aryl methyl sites for hydroxylation is 2. The number of fused-ring (bicyclic) bond motifs is 1. The first-order valence-electron chi connectivity index (χ1n) is 8.20. The summed E-state index contributed by atoms with van der Waals surface area (Å²) in [4.78, 5) is 4.71. The Balaban J connectivity index is 1.91. The number of anilines is 1. The zero-order valence-electron chi connectivity index (χ0n) is 14.0. The Hall–Kier alpha value is -2.43. The van der Waals surface area contributed by atoms with E-state index in [9.17, 15) is 13.7 Å². The van der Waals surface area contributed by atoms with Gasteiger partial charge >= 0.3 is 0 Å². The molecule has 0 amide bonds. The minimum atomic E-state index is -3.75. The Bertz CT molecular complexity index is 948. The largest absolute Gasteiger partial charge is 0.362 e. The van der Waals surface area contributed by atoms with Crippen LogP contribution in [-0.2, 0) is 22.9 Å². The van der Waals surface area contributed by atoms with Gasteiger partial charge in [-0.15, -0.1) is 0 Å². The van der Waals surface area contributed by atoms with Crippen molar-refractivity contribution in [3.63, 3.8) is 0 Å². The van der Waals surface area contributed by atoms with Gasteiger partial charge in [0.2, 0.25) is 10.0 Å². The number of sulfonamides is 1. The van der Waals surface area contributed by atoms with E-state index in [2.05, 4.69) is 16.4 Å². The predicted molar refractivity (Wildman–Crippen MR) is 95.4 cm³/mol. The standard InChI is InChI=1S/C18H20N4O2S/c1-12(13-6-4-7-16(10-13)25(20,23)24)21-18-15(11-19)9-14-5-2-3-8-17(14)22-18/h4,6-7,9-10,12H,2-3,5,8H2,1H3,(H,21,22)(H2,20,23,24). The van der Waals surface area contributed by atoms with Crippen molar-refractivity contribution >= 4 is 15.8 Å². The molecule has 1 aliphatic rings. The molecule has 0 saturated carbocycles. The van der Waals surface area contributed by atoms with Gasteiger partial charge in [-0.1, -0.05) is 12.1 Å². The monoisotopic (exact) mass is 356 g/mol. The van der Waals surface area contributed by atoms with Crippen LogP contribution in [0.2, 0.25) is 0 Å². The average molecular weight is 356 g/mol. The normalized spacial score (nSPS) is 15.1. The van der Waals surface area contributed by atoms with Gasteiger partial charge in [0.25, 0.3) is 0 Å². The first-order chi connectivity index (χ1) is 11.9. The van der Waals surface area contributed by atoms with Gasteiger partial charge in [0.05, 0.1) is 16.5 Å². The number of aromatic nitrogens is 1. The summed E-state index contributed by atoms with van der Waals surface area (Å²) in [5.41, 5.74) is 3.46. The van der Waals surface area contributed by atoms with Crippen LogP contribution in [0, 0.1) is 11.3 Å². The van der Waals surface area contributed by atoms with Crippen LogP contribution >= 0.6 is 0 Å². The minimum Gasteiger partial charge on any atom is -0.362 e. The number of nitriles is 1. The van der Waals surface area contributed by atoms with E-state index in [-0.39, 0.29) is 10.9 Å². The summed E-state index contributed by atoms with van der Waals surface area (Å²) in [5, 5.41) is 17.9. The third-order valence-corrected chi connectivity index (χ3v) is 5.37. The maximum absolute atomic E-state index is 11.5. The molecule has 0 fully saturated rings. The molecule has 7 heteroatoms. The first-order valence-corrected chi connectivity index (χ1v) is 9.75. The lowest BCUT2D eigenvalue weighted by Gasteiger charge is -2.20. The Morgan fingerprint density at radius 1 is 1.28 bits per heavy atom. The van der Waals surface area contributed by atoms with E-state index < -0.39 is 10.0 Å². The van der Waals surface area contributed by atoms with Crippen molar-refractivity contribution in [1.29, 1.82) is 5.26 Å². The number of primary sulfonamides is 1. The molecular weight excluding hydrogens is 336 g/mol. The number of hydrogen-bond acceptors (Lipinski definition) is 5. The number of benzene rings is 1. The lowest BCUT2D eigenvalue weighted by molar-refractivity contribution is 0.597. The van der Waals surface area contributed by atoms with Crippen LogP contribution in [0.1, 0.15) is 48.2 Å². The van der Waals surface area contributed by atoms with Crippen LogP contribution < -0.4 is 10.5 Å². The molecule has 1 aliphatic carbocycles. The summed E-state index contributed by atoms with van der Waals surface area (Å²) in [5.74, 6) is 0.539. The molecule has 6 nitrogen and oxygen atoms in total. The SMILES string of the molecule is CC(Nc1nc2c(cc1C#N)CCCC2)c1cccc(S(N)(=O)=O)c1. The molecule has 130 valence electrons. The molecule has 0 aliphatic heterocycles. The summed E-state index contributed by atoms with van der Waals surface area (Å²) in [7, 11) is -3.75. The second kappa shape index (κ2) is 6.82. The van der Waals surface area contributed by atoms with Crippen molar-refractivity contribution in [2.75, 3.05) is 5.32 Å². The van der Waals surface area contributed by atoms with Crippen LogP contribution in [0.25, 0.3) is 0 Å². The molecule has 1 heterocycles. The number of nitrogens with two attached hydrogens (primary N) is 1. The highest BCUT2D eigenvalue weighted by Gasteiger charge is 2.17. The van der Waals surface area contributed by atoms with Crippen LogP contribution in [0.15, 0.2) is 35.2 Å². The lowest BCUT2D eigenvalue weighted by Crippen LogP contribution is -2.15. The maximum Gasteiger partial charge on any atom is 0.238 e. The van der Waals surface area contributed by atoms with E-state index in [0.717, 1.165) is 42.5 Å². The number of rotatable bonds is 4. The highest BCUT2D eigenvalue weighted by molar-refractivity contribution is 7.89. The van der Waals surface area contributed by atoms with E-state index in [1.807, 2.05) is 19.1 Å². The van der Waals surface area contributed by atoms with E-state index in [1.54, 1.807) is 6.07 Å². The van der Waals surface area contributed by atoms with Gasteiger partial charge in [0.1, 0.15) is 11.9 Å². The molecule has 0 spiro atoms. The third-order valence-electron chi connectivity index (χ3n) is 4.46. The van der Waals surface area contributed by atoms with E-state index in [1.165, 1.54) is 12.1 Å². The molecule has 1 atom stereocenters. The van der Waals surface area contributed by atoms with Crippen LogP contribution in [0.3, 0.4) is 0 Å². The zero-order valence-corrected chi connectivity index (χ0v) is 14.8. The van der Waals surface area contributed by atoms with Gasteiger partial charge in [0, 0.05) is 5.69 Å². The van der Waals surface area contributed by atoms with Crippen molar-refractivity contribution < 1.29 is 8.42 Å². The molecule has 0 saturated heterocycles. The molecule has 0 radical (unpaired) electrons. The Labute approximate surface area is 147 Å². The second-order valence-corrected chi connectivity index (χ2v) is 7.85. The average Bonchev–Trinajstić information content (AvgIpc) is 2.60. The van der Waals surface area contributed by atoms with Gasteiger partial charge in [-0.2, -0.15) is 5.26 Å². The predicted octanol–water partition coefficient (Wildman–Crippen LogP) is 2.65. The lowest BCUT2D eigenvalue weighted by atomic mass is 9.95. The Kier molecular flexibility index (Phi) is 4.75. The quantitative estimate of drug-likeness (QED) is 0.875. The zero-order chi connectivity index (χ0) is 18.0. The van der Waals surface area contributed by atoms with Crippen LogP contribution in [0.5, 0.6) is 0 Å². The fourth-order valence-electron chi connectivity index (χ4n) is 3.08. The van der Waals surface area contributed by atoms with Crippen molar-refractivity contribution in [2.24, 2.45) is 5.14 Å². The van der Waals surface area contributed by atoms with Crippen molar-refractivity contribution in [3.05, 3.63) is 52.7 Å². The molecule has 3 rings (SSSR count). The first kappa shape index (κ1) is 17.4. The van der Waals surface area contributed by atoms with Gasteiger partial charge in [-0.3, -0.25) is 0 Å². The number of nitrogens with one attached hydrogen (secondary N) is 1. The summed E-state index contributed by atoms with van der Waals surface area (Å²) in [6, 6.07) is 10.4. The Morgan fingerprint density at radius 2 is 2.04 bits per heavy atom. The molecule has 3 N–H and O–H groups in total. The minimum absolute atomic E-state index is 0.0672. The van der Waals surface area contributed by atoms with Crippen molar-refractivity contribution in [2.45, 2.75) is 43.5 Å². The van der Waals surface area contributed by atoms with E-state index in [0.29, 0.717) is 11.4 Å². The summed E-state index contributed by atoms with van der Waals surface area (Å²) in [6.45, 7) is 1.89. The summed E-state index contributed by atoms with van der Waals surface area (Å²) < 4.78 is 23.1. The van der Waals surface area contributed by atoms with Gasteiger partial charge in [-0.05, 0) is 61.9 Å². The highest BCUT2D eigenvalue weighted by atomic mass is 32.2. The molecule has 1 aromatic heterocycles. The molecule has 2 aromatic rings. The summed E-state index contributed by atoms with van der Waals surface area (Å²) >= 11 is 0. The fraction of sp³-hybridized carbons (Fsp3) is 0.333. The number of nitrogens with zero attached hydrogens (tertiary/aromatic N) is 2. The third kappa shape index (κ3) is 3.81. The number of pyridine rings is 1. The smallest absolute Gasteiger partial charge is 0.238 e. The van der Waals surface area contributed by atoms with Crippen LogP contribution in [-0.4, -0.2) is 13.4 Å². The Morgan fingerprint density at radius 3 is 2.76 bits per heavy atom. The topological polar surface area (TPSA) is 109 Å². The second-order valence-electron chi connectivity index (χ2n) is 6.29. The molecule has 1 unspecified atom stereocenters. The van der Waals surface area contributed by atoms with Crippen molar-refractivity contribution in [1.82, 2.24) is 4.98 Å². The molecule has 25 heavy (non-hydrogen) atoms. The molecular formula is C18H20N4O2S. The highest BCUT2D eigenvalue weighted by Crippen LogP contribution is 2.27. The van der Waals surface area contributed by atoms with Gasteiger partial charge in [0.15, 0.2) is 0 Å². The van der Waals surface area contributed by atoms with E-state index >= 15 is 0 Å². The maximum atomic E-state index is 11.5. The van der Waals surface area contributed by atoms with Gasteiger partial charge in [-0.25, -0.2) is 18.5 Å². The molecule has 0 bridgehead atoms.